The Morgan fingerprint density at radius 3 is 2.42 bits per heavy atom. The fourth-order valence-corrected chi connectivity index (χ4v) is 2.82. The zero-order valence-electron chi connectivity index (χ0n) is 10.3. The number of carboxylic acid groups (broad SMARTS) is 1. The van der Waals surface area contributed by atoms with Gasteiger partial charge in [0, 0.05) is 13.1 Å². The molecule has 0 aromatic heterocycles. The predicted molar refractivity (Wildman–Crippen MR) is 63.0 cm³/mol. The van der Waals surface area contributed by atoms with Gasteiger partial charge in [0.05, 0.1) is 31.3 Å². The van der Waals surface area contributed by atoms with Crippen molar-refractivity contribution in [3.63, 3.8) is 0 Å². The lowest BCUT2D eigenvalue weighted by Gasteiger charge is -2.29. The summed E-state index contributed by atoms with van der Waals surface area (Å²) in [6.07, 6.45) is 2.59. The molecule has 4 atom stereocenters. The van der Waals surface area contributed by atoms with E-state index in [0.29, 0.717) is 26.3 Å². The van der Waals surface area contributed by atoms with Crippen LogP contribution in [0.3, 0.4) is 0 Å². The Hall–Kier alpha value is -1.44. The van der Waals surface area contributed by atoms with Gasteiger partial charge in [0.2, 0.25) is 5.91 Å². The van der Waals surface area contributed by atoms with Crippen molar-refractivity contribution in [2.45, 2.75) is 12.2 Å². The van der Waals surface area contributed by atoms with Gasteiger partial charge in [0.25, 0.3) is 0 Å². The van der Waals surface area contributed by atoms with E-state index in [2.05, 4.69) is 5.43 Å². The molecule has 2 fully saturated rings. The molecular weight excluding hydrogens is 252 g/mol. The summed E-state index contributed by atoms with van der Waals surface area (Å²) in [5.41, 5.74) is 2.77. The highest BCUT2D eigenvalue weighted by Gasteiger charge is 2.53. The van der Waals surface area contributed by atoms with E-state index in [1.54, 1.807) is 17.2 Å². The first kappa shape index (κ1) is 12.6. The maximum Gasteiger partial charge on any atom is 0.310 e. The van der Waals surface area contributed by atoms with Gasteiger partial charge in [-0.15, -0.1) is 0 Å². The second-order valence-electron chi connectivity index (χ2n) is 4.92. The van der Waals surface area contributed by atoms with Crippen LogP contribution in [0.1, 0.15) is 0 Å². The van der Waals surface area contributed by atoms with Gasteiger partial charge in [-0.05, 0) is 0 Å². The van der Waals surface area contributed by atoms with Gasteiger partial charge in [-0.1, -0.05) is 12.2 Å². The molecule has 3 aliphatic rings. The molecule has 3 heterocycles. The van der Waals surface area contributed by atoms with E-state index in [4.69, 9.17) is 9.47 Å². The molecule has 0 aromatic carbocycles. The van der Waals surface area contributed by atoms with Crippen LogP contribution >= 0.6 is 0 Å². The van der Waals surface area contributed by atoms with Crippen LogP contribution in [-0.4, -0.2) is 60.5 Å². The molecule has 2 bridgehead atoms. The van der Waals surface area contributed by atoms with Crippen LogP contribution in [0.2, 0.25) is 0 Å². The molecule has 7 heteroatoms. The van der Waals surface area contributed by atoms with E-state index in [1.807, 2.05) is 0 Å². The number of ether oxygens (including phenoxy) is 2. The highest BCUT2D eigenvalue weighted by molar-refractivity contribution is 5.87. The van der Waals surface area contributed by atoms with Crippen molar-refractivity contribution in [1.29, 1.82) is 0 Å². The number of nitrogens with one attached hydrogen (secondary N) is 1. The van der Waals surface area contributed by atoms with Crippen LogP contribution < -0.4 is 5.43 Å². The molecule has 0 spiro atoms. The molecule has 0 radical (unpaired) electrons. The Morgan fingerprint density at radius 1 is 1.16 bits per heavy atom. The summed E-state index contributed by atoms with van der Waals surface area (Å²) in [6.45, 7) is 2.35. The zero-order valence-corrected chi connectivity index (χ0v) is 10.3. The van der Waals surface area contributed by atoms with Crippen molar-refractivity contribution in [2.75, 3.05) is 26.3 Å². The number of amides is 1. The number of hydrogen-bond donors (Lipinski definition) is 2. The number of aliphatic carboxylic acids is 1. The van der Waals surface area contributed by atoms with E-state index in [9.17, 15) is 14.7 Å². The van der Waals surface area contributed by atoms with E-state index in [0.717, 1.165) is 0 Å². The summed E-state index contributed by atoms with van der Waals surface area (Å²) in [7, 11) is 0. The molecule has 0 saturated carbocycles. The molecule has 2 N–H and O–H groups in total. The average Bonchev–Trinajstić information content (AvgIpc) is 2.99. The molecular formula is C12H16N2O5. The van der Waals surface area contributed by atoms with E-state index >= 15 is 0 Å². The Balaban J connectivity index is 1.68. The van der Waals surface area contributed by atoms with Crippen molar-refractivity contribution in [2.24, 2.45) is 11.8 Å². The Kier molecular flexibility index (Phi) is 3.26. The molecule has 3 rings (SSSR count). The van der Waals surface area contributed by atoms with Crippen LogP contribution in [0.25, 0.3) is 0 Å². The number of hydrazine groups is 1. The van der Waals surface area contributed by atoms with Gasteiger partial charge >= 0.3 is 5.97 Å². The van der Waals surface area contributed by atoms with Gasteiger partial charge in [-0.3, -0.25) is 15.0 Å². The number of carbonyl (C=O) groups is 2. The van der Waals surface area contributed by atoms with Crippen molar-refractivity contribution in [3.05, 3.63) is 12.2 Å². The second-order valence-corrected chi connectivity index (χ2v) is 4.92. The standard InChI is InChI=1S/C12H16N2O5/c15-11(13-14-3-5-18-6-4-14)9-7-1-2-8(19-7)10(9)12(16)17/h1-2,7-10H,3-6H2,(H,13,15)(H,16,17)/t7-,8+,9-,10+/m1/s1. The van der Waals surface area contributed by atoms with Crippen LogP contribution in [-0.2, 0) is 19.1 Å². The summed E-state index contributed by atoms with van der Waals surface area (Å²) >= 11 is 0. The van der Waals surface area contributed by atoms with Crippen LogP contribution in [0.4, 0.5) is 0 Å². The molecule has 1 amide bonds. The first-order valence-electron chi connectivity index (χ1n) is 6.36. The van der Waals surface area contributed by atoms with Crippen LogP contribution in [0.5, 0.6) is 0 Å². The Labute approximate surface area is 110 Å². The maximum absolute atomic E-state index is 12.2. The third-order valence-electron chi connectivity index (χ3n) is 3.77. The molecule has 0 aromatic rings. The largest absolute Gasteiger partial charge is 0.481 e. The molecule has 2 saturated heterocycles. The number of carbonyl (C=O) groups excluding carboxylic acids is 1. The van der Waals surface area contributed by atoms with Crippen molar-refractivity contribution in [1.82, 2.24) is 10.4 Å². The summed E-state index contributed by atoms with van der Waals surface area (Å²) in [6, 6.07) is 0. The van der Waals surface area contributed by atoms with Crippen molar-refractivity contribution in [3.8, 4) is 0 Å². The quantitative estimate of drug-likeness (QED) is 0.639. The number of fused-ring (bicyclic) bond motifs is 2. The van der Waals surface area contributed by atoms with Gasteiger partial charge < -0.3 is 14.6 Å². The van der Waals surface area contributed by atoms with E-state index in [1.165, 1.54) is 0 Å². The molecule has 104 valence electrons. The van der Waals surface area contributed by atoms with Crippen molar-refractivity contribution >= 4 is 11.9 Å². The Morgan fingerprint density at radius 2 is 1.79 bits per heavy atom. The fraction of sp³-hybridized carbons (Fsp3) is 0.667. The minimum atomic E-state index is -0.987. The predicted octanol–water partition coefficient (Wildman–Crippen LogP) is -0.996. The van der Waals surface area contributed by atoms with Crippen LogP contribution in [0.15, 0.2) is 12.2 Å². The van der Waals surface area contributed by atoms with Gasteiger partial charge in [0.15, 0.2) is 0 Å². The SMILES string of the molecule is O=C(O)[C@@H]1[C@H](C(=O)NN2CCOCC2)[C@H]2C=C[C@@H]1O2. The van der Waals surface area contributed by atoms with Gasteiger partial charge in [-0.25, -0.2) is 5.01 Å². The first-order chi connectivity index (χ1) is 9.16. The molecule has 19 heavy (non-hydrogen) atoms. The molecule has 0 aliphatic carbocycles. The molecule has 0 unspecified atom stereocenters. The second kappa shape index (κ2) is 4.92. The van der Waals surface area contributed by atoms with Gasteiger partial charge in [-0.2, -0.15) is 0 Å². The van der Waals surface area contributed by atoms with E-state index < -0.39 is 30.0 Å². The third kappa shape index (κ3) is 2.24. The minimum absolute atomic E-state index is 0.286. The zero-order chi connectivity index (χ0) is 13.4. The average molecular weight is 268 g/mol. The summed E-state index contributed by atoms with van der Waals surface area (Å²) in [4.78, 5) is 23.5. The maximum atomic E-state index is 12.2. The smallest absolute Gasteiger partial charge is 0.310 e. The third-order valence-corrected chi connectivity index (χ3v) is 3.77. The lowest BCUT2D eigenvalue weighted by Crippen LogP contribution is -2.53. The highest BCUT2D eigenvalue weighted by atomic mass is 16.5. The fourth-order valence-electron chi connectivity index (χ4n) is 2.82. The first-order valence-corrected chi connectivity index (χ1v) is 6.36. The summed E-state index contributed by atoms with van der Waals surface area (Å²) < 4.78 is 10.7. The summed E-state index contributed by atoms with van der Waals surface area (Å²) in [5.74, 6) is -2.73. The number of hydrogen-bond acceptors (Lipinski definition) is 5. The van der Waals surface area contributed by atoms with Crippen LogP contribution in [0, 0.1) is 11.8 Å². The monoisotopic (exact) mass is 268 g/mol. The number of morpholine rings is 1. The highest BCUT2D eigenvalue weighted by Crippen LogP contribution is 2.39. The molecule has 7 nitrogen and oxygen atoms in total. The number of rotatable bonds is 3. The number of carboxylic acids is 1. The normalized spacial score (nSPS) is 37.5. The number of nitrogens with zero attached hydrogens (tertiary/aromatic N) is 1. The lowest BCUT2D eigenvalue weighted by molar-refractivity contribution is -0.148. The lowest BCUT2D eigenvalue weighted by atomic mass is 9.82. The molecule has 3 aliphatic heterocycles. The Bertz CT molecular complexity index is 418. The van der Waals surface area contributed by atoms with E-state index in [-0.39, 0.29) is 5.91 Å². The minimum Gasteiger partial charge on any atom is -0.481 e. The summed E-state index contributed by atoms with van der Waals surface area (Å²) in [5, 5.41) is 11.0. The van der Waals surface area contributed by atoms with Gasteiger partial charge in [0.1, 0.15) is 5.92 Å². The topological polar surface area (TPSA) is 88.1 Å². The van der Waals surface area contributed by atoms with Crippen molar-refractivity contribution < 1.29 is 24.2 Å².